The Morgan fingerprint density at radius 2 is 1.71 bits per heavy atom. The van der Waals surface area contributed by atoms with Gasteiger partial charge in [0.25, 0.3) is 0 Å². The number of thioether (sulfide) groups is 1. The molecule has 0 bridgehead atoms. The molecule has 5 nitrogen and oxygen atoms in total. The number of hydrogen-bond acceptors (Lipinski definition) is 6. The van der Waals surface area contributed by atoms with Gasteiger partial charge in [0.1, 0.15) is 0 Å². The van der Waals surface area contributed by atoms with E-state index in [1.54, 1.807) is 6.92 Å². The summed E-state index contributed by atoms with van der Waals surface area (Å²) in [7, 11) is 1.39. The Morgan fingerprint density at radius 1 is 1.03 bits per heavy atom. The van der Waals surface area contributed by atoms with Gasteiger partial charge in [0, 0.05) is 11.6 Å². The number of benzene rings is 2. The van der Waals surface area contributed by atoms with Crippen LogP contribution in [0, 0.1) is 0 Å². The number of esters is 2. The number of carbonyl (C=O) groups is 2. The lowest BCUT2D eigenvalue weighted by molar-refractivity contribution is -0.142. The fourth-order valence-corrected chi connectivity index (χ4v) is 4.91. The minimum absolute atomic E-state index is 0.124. The van der Waals surface area contributed by atoms with E-state index in [4.69, 9.17) is 9.47 Å². The monoisotopic (exact) mass is 433 g/mol. The largest absolute Gasteiger partial charge is 0.466 e. The van der Waals surface area contributed by atoms with Crippen molar-refractivity contribution in [3.63, 3.8) is 0 Å². The number of carbonyl (C=O) groups excluding carboxylic acids is 2. The molecule has 2 aromatic rings. The predicted molar refractivity (Wildman–Crippen MR) is 121 cm³/mol. The van der Waals surface area contributed by atoms with E-state index in [-0.39, 0.29) is 24.3 Å². The maximum absolute atomic E-state index is 12.9. The van der Waals surface area contributed by atoms with Gasteiger partial charge in [0.15, 0.2) is 0 Å². The first-order valence-electron chi connectivity index (χ1n) is 10.1. The summed E-state index contributed by atoms with van der Waals surface area (Å²) in [5.41, 5.74) is 4.28. The van der Waals surface area contributed by atoms with Crippen molar-refractivity contribution in [1.82, 2.24) is 4.90 Å². The lowest BCUT2D eigenvalue weighted by Gasteiger charge is -2.34. The number of hydrogen-bond donors (Lipinski definition) is 0. The highest BCUT2D eigenvalue weighted by atomic mass is 32.2. The second-order valence-corrected chi connectivity index (χ2v) is 7.92. The van der Waals surface area contributed by atoms with Crippen molar-refractivity contribution in [2.45, 2.75) is 19.3 Å². The summed E-state index contributed by atoms with van der Waals surface area (Å²) >= 11 is 1.44. The van der Waals surface area contributed by atoms with E-state index >= 15 is 0 Å². The summed E-state index contributed by atoms with van der Waals surface area (Å²) in [5, 5.41) is 2.68. The van der Waals surface area contributed by atoms with Crippen molar-refractivity contribution >= 4 is 29.4 Å². The van der Waals surface area contributed by atoms with Crippen molar-refractivity contribution in [3.8, 4) is 0 Å². The topological polar surface area (TPSA) is 55.8 Å². The highest BCUT2D eigenvalue weighted by Gasteiger charge is 2.39. The Morgan fingerprint density at radius 3 is 2.35 bits per heavy atom. The van der Waals surface area contributed by atoms with Crippen molar-refractivity contribution in [2.75, 3.05) is 13.7 Å². The predicted octanol–water partition coefficient (Wildman–Crippen LogP) is 5.05. The second-order valence-electron chi connectivity index (χ2n) is 7.06. The van der Waals surface area contributed by atoms with E-state index in [1.165, 1.54) is 18.9 Å². The third kappa shape index (κ3) is 4.16. The molecular formula is C25H23NO4S. The molecule has 31 heavy (non-hydrogen) atoms. The fourth-order valence-electron chi connectivity index (χ4n) is 3.82. The first-order valence-corrected chi connectivity index (χ1v) is 11.0. The van der Waals surface area contributed by atoms with E-state index in [1.807, 2.05) is 71.0 Å². The molecule has 4 rings (SSSR count). The lowest BCUT2D eigenvalue weighted by atomic mass is 9.86. The SMILES string of the molecule is CCOC(=O)CC1=CSC2=C(C(=O)OC)C(c3ccccc3)C=C(c3ccccc3)N12. The Bertz CT molecular complexity index is 1070. The number of ether oxygens (including phenoxy) is 2. The molecule has 2 aromatic carbocycles. The van der Waals surface area contributed by atoms with E-state index in [9.17, 15) is 9.59 Å². The molecule has 1 unspecified atom stereocenters. The second kappa shape index (κ2) is 9.27. The Kier molecular flexibility index (Phi) is 6.28. The highest BCUT2D eigenvalue weighted by molar-refractivity contribution is 8.06. The van der Waals surface area contributed by atoms with Gasteiger partial charge in [-0.1, -0.05) is 72.4 Å². The number of fused-ring (bicyclic) bond motifs is 1. The number of methoxy groups -OCH3 is 1. The molecule has 0 amide bonds. The fraction of sp³-hybridized carbons (Fsp3) is 0.200. The van der Waals surface area contributed by atoms with Crippen LogP contribution in [0.2, 0.25) is 0 Å². The summed E-state index contributed by atoms with van der Waals surface area (Å²) in [5.74, 6) is -0.943. The molecule has 0 saturated heterocycles. The third-order valence-corrected chi connectivity index (χ3v) is 6.18. The maximum Gasteiger partial charge on any atom is 0.337 e. The van der Waals surface area contributed by atoms with Crippen LogP contribution in [0.3, 0.4) is 0 Å². The number of nitrogens with zero attached hydrogens (tertiary/aromatic N) is 1. The summed E-state index contributed by atoms with van der Waals surface area (Å²) < 4.78 is 10.3. The Labute approximate surface area is 186 Å². The van der Waals surface area contributed by atoms with Crippen LogP contribution in [0.15, 0.2) is 88.4 Å². The van der Waals surface area contributed by atoms with Gasteiger partial charge in [0.05, 0.1) is 36.4 Å². The standard InChI is InChI=1S/C25H23NO4S/c1-3-30-22(27)14-19-16-31-24-23(25(28)29-2)20(17-10-6-4-7-11-17)15-21(26(19)24)18-12-8-5-9-13-18/h4-13,15-16,20H,3,14H2,1-2H3. The molecule has 158 valence electrons. The van der Waals surface area contributed by atoms with Crippen LogP contribution in [0.4, 0.5) is 0 Å². The van der Waals surface area contributed by atoms with Crippen LogP contribution in [0.1, 0.15) is 30.4 Å². The van der Waals surface area contributed by atoms with Crippen molar-refractivity contribution < 1.29 is 19.1 Å². The molecule has 1 atom stereocenters. The van der Waals surface area contributed by atoms with E-state index in [0.29, 0.717) is 12.2 Å². The summed E-state index contributed by atoms with van der Waals surface area (Å²) in [6.07, 6.45) is 2.20. The van der Waals surface area contributed by atoms with Gasteiger partial charge in [-0.2, -0.15) is 0 Å². The van der Waals surface area contributed by atoms with Crippen LogP contribution < -0.4 is 0 Å². The van der Waals surface area contributed by atoms with Gasteiger partial charge < -0.3 is 14.4 Å². The summed E-state index contributed by atoms with van der Waals surface area (Å²) in [4.78, 5) is 27.1. The van der Waals surface area contributed by atoms with Gasteiger partial charge in [-0.15, -0.1) is 0 Å². The summed E-state index contributed by atoms with van der Waals surface area (Å²) in [6, 6.07) is 19.9. The molecule has 0 aliphatic carbocycles. The van der Waals surface area contributed by atoms with Gasteiger partial charge in [-0.25, -0.2) is 4.79 Å². The minimum atomic E-state index is -0.379. The van der Waals surface area contributed by atoms with Crippen LogP contribution in [0.25, 0.3) is 5.70 Å². The van der Waals surface area contributed by atoms with Crippen LogP contribution >= 0.6 is 11.8 Å². The van der Waals surface area contributed by atoms with Crippen LogP contribution in [-0.2, 0) is 19.1 Å². The minimum Gasteiger partial charge on any atom is -0.466 e. The molecule has 2 aliphatic heterocycles. The molecule has 2 heterocycles. The lowest BCUT2D eigenvalue weighted by Crippen LogP contribution is -2.28. The van der Waals surface area contributed by atoms with Crippen LogP contribution in [0.5, 0.6) is 0 Å². The van der Waals surface area contributed by atoms with Gasteiger partial charge in [0.2, 0.25) is 0 Å². The zero-order chi connectivity index (χ0) is 21.8. The average molecular weight is 434 g/mol. The molecule has 2 aliphatic rings. The Hall–Kier alpha value is -3.25. The Balaban J connectivity index is 1.86. The zero-order valence-electron chi connectivity index (χ0n) is 17.4. The van der Waals surface area contributed by atoms with Crippen molar-refractivity contribution in [3.05, 3.63) is 99.6 Å². The zero-order valence-corrected chi connectivity index (χ0v) is 18.2. The quantitative estimate of drug-likeness (QED) is 0.594. The first kappa shape index (κ1) is 21.0. The highest BCUT2D eigenvalue weighted by Crippen LogP contribution is 2.50. The molecule has 0 radical (unpaired) electrons. The van der Waals surface area contributed by atoms with Crippen molar-refractivity contribution in [2.24, 2.45) is 0 Å². The normalized spacial score (nSPS) is 17.6. The summed E-state index contributed by atoms with van der Waals surface area (Å²) in [6.45, 7) is 2.11. The van der Waals surface area contributed by atoms with E-state index in [2.05, 4.69) is 6.08 Å². The van der Waals surface area contributed by atoms with Crippen molar-refractivity contribution in [1.29, 1.82) is 0 Å². The third-order valence-electron chi connectivity index (χ3n) is 5.17. The van der Waals surface area contributed by atoms with Gasteiger partial charge in [-0.3, -0.25) is 4.79 Å². The average Bonchev–Trinajstić information content (AvgIpc) is 3.22. The van der Waals surface area contributed by atoms with E-state index in [0.717, 1.165) is 27.6 Å². The molecule has 6 heteroatoms. The molecule has 0 spiro atoms. The first-order chi connectivity index (χ1) is 15.1. The smallest absolute Gasteiger partial charge is 0.337 e. The molecular weight excluding hydrogens is 410 g/mol. The molecule has 0 aromatic heterocycles. The van der Waals surface area contributed by atoms with E-state index < -0.39 is 0 Å². The van der Waals surface area contributed by atoms with Crippen LogP contribution in [-0.4, -0.2) is 30.6 Å². The van der Waals surface area contributed by atoms with Gasteiger partial charge >= 0.3 is 11.9 Å². The van der Waals surface area contributed by atoms with Gasteiger partial charge in [-0.05, 0) is 29.5 Å². The maximum atomic E-state index is 12.9. The molecule has 0 N–H and O–H groups in total. The molecule has 0 fully saturated rings. The number of allylic oxidation sites excluding steroid dienone is 1. The molecule has 0 saturated carbocycles. The number of rotatable bonds is 6.